The minimum Gasteiger partial charge on any atom is -0.466 e. The molecule has 1 aliphatic rings. The van der Waals surface area contributed by atoms with E-state index < -0.39 is 5.97 Å². The summed E-state index contributed by atoms with van der Waals surface area (Å²) in [6, 6.07) is 0. The fourth-order valence-corrected chi connectivity index (χ4v) is 2.77. The van der Waals surface area contributed by atoms with Crippen LogP contribution in [0.4, 0.5) is 0 Å². The predicted molar refractivity (Wildman–Crippen MR) is 73.0 cm³/mol. The highest BCUT2D eigenvalue weighted by atomic mass is 79.9. The molecule has 96 valence electrons. The SMILES string of the molecule is CCOC(=O)CC(=O)C1C(C=C(Br)Br)C1(C)C. The van der Waals surface area contributed by atoms with Crippen molar-refractivity contribution in [3.05, 3.63) is 9.47 Å². The van der Waals surface area contributed by atoms with E-state index in [9.17, 15) is 9.59 Å². The number of rotatable bonds is 5. The van der Waals surface area contributed by atoms with Crippen LogP contribution in [-0.2, 0) is 14.3 Å². The third-order valence-electron chi connectivity index (χ3n) is 3.19. The minimum absolute atomic E-state index is 0.0315. The standard InChI is InChI=1S/C12H16Br2O3/c1-4-17-10(16)6-8(15)11-7(5-9(13)14)12(11,2)3/h5,7,11H,4,6H2,1-3H3. The molecule has 2 atom stereocenters. The molecule has 0 aromatic carbocycles. The smallest absolute Gasteiger partial charge is 0.313 e. The molecule has 0 amide bonds. The molecule has 0 radical (unpaired) electrons. The Bertz CT molecular complexity index is 357. The van der Waals surface area contributed by atoms with Crippen LogP contribution in [0.5, 0.6) is 0 Å². The summed E-state index contributed by atoms with van der Waals surface area (Å²) in [5.74, 6) is -0.369. The van der Waals surface area contributed by atoms with E-state index in [0.29, 0.717) is 6.61 Å². The second kappa shape index (κ2) is 5.65. The molecule has 0 saturated heterocycles. The molecule has 5 heteroatoms. The number of hydrogen-bond acceptors (Lipinski definition) is 3. The second-order valence-electron chi connectivity index (χ2n) is 4.73. The third kappa shape index (κ3) is 3.65. The van der Waals surface area contributed by atoms with E-state index in [-0.39, 0.29) is 29.5 Å². The number of allylic oxidation sites excluding steroid dienone is 1. The Morgan fingerprint density at radius 2 is 1.94 bits per heavy atom. The van der Waals surface area contributed by atoms with Gasteiger partial charge in [-0.3, -0.25) is 9.59 Å². The summed E-state index contributed by atoms with van der Waals surface area (Å²) in [7, 11) is 0. The normalized spacial score (nSPS) is 25.0. The number of ketones is 1. The van der Waals surface area contributed by atoms with Gasteiger partial charge in [-0.2, -0.15) is 0 Å². The predicted octanol–water partition coefficient (Wildman–Crippen LogP) is 3.41. The Hall–Kier alpha value is -0.160. The maximum absolute atomic E-state index is 11.9. The molecular formula is C12H16Br2O3. The van der Waals surface area contributed by atoms with Crippen LogP contribution in [0.1, 0.15) is 27.2 Å². The summed E-state index contributed by atoms with van der Waals surface area (Å²) in [5, 5.41) is 0. The van der Waals surface area contributed by atoms with Crippen molar-refractivity contribution in [3.8, 4) is 0 Å². The maximum Gasteiger partial charge on any atom is 0.313 e. The summed E-state index contributed by atoms with van der Waals surface area (Å²) in [6.07, 6.45) is 1.85. The Labute approximate surface area is 118 Å². The molecule has 3 nitrogen and oxygen atoms in total. The number of esters is 1. The molecule has 0 heterocycles. The minimum atomic E-state index is -0.430. The van der Waals surface area contributed by atoms with Crippen LogP contribution < -0.4 is 0 Å². The Balaban J connectivity index is 2.60. The van der Waals surface area contributed by atoms with E-state index in [1.165, 1.54) is 0 Å². The largest absolute Gasteiger partial charge is 0.466 e. The molecule has 1 saturated carbocycles. The highest BCUT2D eigenvalue weighted by Gasteiger charge is 2.60. The van der Waals surface area contributed by atoms with Crippen molar-refractivity contribution in [3.63, 3.8) is 0 Å². The van der Waals surface area contributed by atoms with Gasteiger partial charge in [0, 0.05) is 5.92 Å². The summed E-state index contributed by atoms with van der Waals surface area (Å²) >= 11 is 6.59. The number of carbonyl (C=O) groups excluding carboxylic acids is 2. The van der Waals surface area contributed by atoms with Crippen LogP contribution in [0.25, 0.3) is 0 Å². The molecule has 0 spiro atoms. The number of hydrogen-bond donors (Lipinski definition) is 0. The van der Waals surface area contributed by atoms with E-state index in [4.69, 9.17) is 4.74 Å². The number of carbonyl (C=O) groups is 2. The summed E-state index contributed by atoms with van der Waals surface area (Å²) in [4.78, 5) is 23.2. The fraction of sp³-hybridized carbons (Fsp3) is 0.667. The van der Waals surface area contributed by atoms with Crippen molar-refractivity contribution < 1.29 is 14.3 Å². The van der Waals surface area contributed by atoms with E-state index in [0.717, 1.165) is 3.39 Å². The fourth-order valence-electron chi connectivity index (χ4n) is 2.20. The molecule has 0 aromatic heterocycles. The van der Waals surface area contributed by atoms with Gasteiger partial charge in [-0.25, -0.2) is 0 Å². The quantitative estimate of drug-likeness (QED) is 0.552. The number of Topliss-reactive ketones (excluding diaryl/α,β-unsaturated/α-hetero) is 1. The summed E-state index contributed by atoms with van der Waals surface area (Å²) in [6.45, 7) is 6.11. The zero-order chi connectivity index (χ0) is 13.2. The maximum atomic E-state index is 11.9. The van der Waals surface area contributed by atoms with Crippen LogP contribution in [0.2, 0.25) is 0 Å². The number of halogens is 2. The second-order valence-corrected chi connectivity index (χ2v) is 7.50. The van der Waals surface area contributed by atoms with Crippen molar-refractivity contribution in [1.29, 1.82) is 0 Å². The van der Waals surface area contributed by atoms with Crippen molar-refractivity contribution in [1.82, 2.24) is 0 Å². The first kappa shape index (κ1) is 14.9. The van der Waals surface area contributed by atoms with Gasteiger partial charge in [-0.05, 0) is 50.1 Å². The molecule has 0 aromatic rings. The third-order valence-corrected chi connectivity index (χ3v) is 3.72. The lowest BCUT2D eigenvalue weighted by molar-refractivity contribution is -0.145. The van der Waals surface area contributed by atoms with Gasteiger partial charge in [0.1, 0.15) is 12.2 Å². The molecule has 1 fully saturated rings. The molecule has 0 aliphatic heterocycles. The van der Waals surface area contributed by atoms with Crippen LogP contribution >= 0.6 is 31.9 Å². The first-order valence-corrected chi connectivity index (χ1v) is 7.10. The van der Waals surface area contributed by atoms with Gasteiger partial charge in [0.25, 0.3) is 0 Å². The molecule has 0 N–H and O–H groups in total. The van der Waals surface area contributed by atoms with E-state index in [1.54, 1.807) is 6.92 Å². The van der Waals surface area contributed by atoms with E-state index in [1.807, 2.05) is 19.9 Å². The Morgan fingerprint density at radius 3 is 2.41 bits per heavy atom. The molecule has 2 unspecified atom stereocenters. The Morgan fingerprint density at radius 1 is 1.35 bits per heavy atom. The highest BCUT2D eigenvalue weighted by molar-refractivity contribution is 9.28. The number of ether oxygens (including phenoxy) is 1. The first-order valence-electron chi connectivity index (χ1n) is 5.51. The van der Waals surface area contributed by atoms with E-state index >= 15 is 0 Å². The zero-order valence-electron chi connectivity index (χ0n) is 10.1. The van der Waals surface area contributed by atoms with E-state index in [2.05, 4.69) is 31.9 Å². The van der Waals surface area contributed by atoms with Crippen molar-refractivity contribution in [2.75, 3.05) is 6.61 Å². The average Bonchev–Trinajstić information content (AvgIpc) is 2.66. The van der Waals surface area contributed by atoms with Crippen LogP contribution in [0, 0.1) is 17.3 Å². The van der Waals surface area contributed by atoms with Crippen LogP contribution in [0.3, 0.4) is 0 Å². The highest BCUT2D eigenvalue weighted by Crippen LogP contribution is 2.60. The molecule has 1 rings (SSSR count). The first-order chi connectivity index (χ1) is 7.80. The van der Waals surface area contributed by atoms with Gasteiger partial charge in [0.2, 0.25) is 0 Å². The van der Waals surface area contributed by atoms with Crippen molar-refractivity contribution in [2.24, 2.45) is 17.3 Å². The summed E-state index contributed by atoms with van der Waals surface area (Å²) in [5.41, 5.74) is -0.0730. The van der Waals surface area contributed by atoms with Crippen LogP contribution in [0.15, 0.2) is 9.47 Å². The molecule has 0 bridgehead atoms. The topological polar surface area (TPSA) is 43.4 Å². The van der Waals surface area contributed by atoms with Gasteiger partial charge in [-0.15, -0.1) is 0 Å². The lowest BCUT2D eigenvalue weighted by Gasteiger charge is -2.02. The Kier molecular flexibility index (Phi) is 4.95. The lowest BCUT2D eigenvalue weighted by Crippen LogP contribution is -2.14. The van der Waals surface area contributed by atoms with Gasteiger partial charge in [0.05, 0.1) is 10.00 Å². The zero-order valence-corrected chi connectivity index (χ0v) is 13.3. The molecular weight excluding hydrogens is 352 g/mol. The average molecular weight is 368 g/mol. The van der Waals surface area contributed by atoms with Crippen LogP contribution in [-0.4, -0.2) is 18.4 Å². The van der Waals surface area contributed by atoms with Gasteiger partial charge >= 0.3 is 5.97 Å². The monoisotopic (exact) mass is 366 g/mol. The molecule has 1 aliphatic carbocycles. The summed E-state index contributed by atoms with van der Waals surface area (Å²) < 4.78 is 5.62. The van der Waals surface area contributed by atoms with Gasteiger partial charge in [-0.1, -0.05) is 19.9 Å². The lowest BCUT2D eigenvalue weighted by atomic mass is 10.1. The van der Waals surface area contributed by atoms with Gasteiger partial charge in [0.15, 0.2) is 0 Å². The van der Waals surface area contributed by atoms with Gasteiger partial charge < -0.3 is 4.74 Å². The van der Waals surface area contributed by atoms with Crippen molar-refractivity contribution in [2.45, 2.75) is 27.2 Å². The molecule has 17 heavy (non-hydrogen) atoms. The van der Waals surface area contributed by atoms with Crippen molar-refractivity contribution >= 4 is 43.6 Å².